The highest BCUT2D eigenvalue weighted by Crippen LogP contribution is 2.44. The predicted molar refractivity (Wildman–Crippen MR) is 127 cm³/mol. The number of alkyl carbamates (subject to hydrolysis) is 1. The summed E-state index contributed by atoms with van der Waals surface area (Å²) in [6, 6.07) is 15.2. The van der Waals surface area contributed by atoms with Crippen LogP contribution >= 0.6 is 0 Å². The van der Waals surface area contributed by atoms with E-state index < -0.39 is 23.5 Å². The third-order valence-corrected chi connectivity index (χ3v) is 6.85. The van der Waals surface area contributed by atoms with Crippen LogP contribution in [0.15, 0.2) is 48.5 Å². The molecule has 2 amide bonds. The zero-order valence-electron chi connectivity index (χ0n) is 19.3. The van der Waals surface area contributed by atoms with E-state index in [0.717, 1.165) is 22.3 Å². The number of hydrogen-bond acceptors (Lipinski definition) is 4. The molecule has 2 aromatic rings. The van der Waals surface area contributed by atoms with Crippen molar-refractivity contribution < 1.29 is 24.2 Å². The minimum absolute atomic E-state index is 0.0844. The average Bonchev–Trinajstić information content (AvgIpc) is 3.13. The molecule has 2 N–H and O–H groups in total. The summed E-state index contributed by atoms with van der Waals surface area (Å²) < 4.78 is 5.57. The largest absolute Gasteiger partial charge is 0.481 e. The van der Waals surface area contributed by atoms with Gasteiger partial charge < -0.3 is 20.1 Å². The number of rotatable bonds is 7. The van der Waals surface area contributed by atoms with Crippen LogP contribution in [-0.4, -0.2) is 53.7 Å². The number of carbonyl (C=O) groups is 3. The minimum Gasteiger partial charge on any atom is -0.481 e. The summed E-state index contributed by atoms with van der Waals surface area (Å²) in [5.74, 6) is 4.23. The van der Waals surface area contributed by atoms with Crippen molar-refractivity contribution >= 4 is 18.0 Å². The fraction of sp³-hybridized carbons (Fsp3) is 0.370. The SMILES string of the molecule is CC#CCC(NC(=O)OCC1c2ccccc2-c2ccccc21)C(=O)N1CC(CC)(C(=O)O)C1. The Bertz CT molecular complexity index is 1130. The summed E-state index contributed by atoms with van der Waals surface area (Å²) in [7, 11) is 0. The standard InChI is InChI=1S/C27H28N2O5/c1-3-5-14-23(24(30)29-16-27(4-2,17-29)25(31)32)28-26(33)34-15-22-20-12-8-6-10-18(20)19-11-7-9-13-21(19)22/h6-13,22-23H,4,14-17H2,1-2H3,(H,28,33)(H,31,32). The van der Waals surface area contributed by atoms with E-state index in [1.165, 1.54) is 4.90 Å². The molecule has 0 spiro atoms. The second kappa shape index (κ2) is 9.60. The molecular formula is C27H28N2O5. The van der Waals surface area contributed by atoms with Gasteiger partial charge >= 0.3 is 12.1 Å². The maximum atomic E-state index is 13.0. The Kier molecular flexibility index (Phi) is 6.60. The number of carboxylic acids is 1. The molecule has 4 rings (SSSR count). The summed E-state index contributed by atoms with van der Waals surface area (Å²) >= 11 is 0. The average molecular weight is 461 g/mol. The lowest BCUT2D eigenvalue weighted by Gasteiger charge is -2.47. The van der Waals surface area contributed by atoms with E-state index in [-0.39, 0.29) is 37.9 Å². The van der Waals surface area contributed by atoms with Crippen molar-refractivity contribution in [2.45, 2.75) is 38.6 Å². The Hall–Kier alpha value is -3.79. The number of carbonyl (C=O) groups excluding carboxylic acids is 2. The second-order valence-electron chi connectivity index (χ2n) is 8.79. The first-order chi connectivity index (χ1) is 16.4. The molecule has 7 heteroatoms. The number of benzene rings is 2. The van der Waals surface area contributed by atoms with E-state index in [1.54, 1.807) is 13.8 Å². The molecule has 1 fully saturated rings. The molecule has 176 valence electrons. The van der Waals surface area contributed by atoms with Gasteiger partial charge in [-0.05, 0) is 35.6 Å². The van der Waals surface area contributed by atoms with Crippen molar-refractivity contribution in [2.24, 2.45) is 5.41 Å². The van der Waals surface area contributed by atoms with Gasteiger partial charge in [-0.15, -0.1) is 11.8 Å². The zero-order valence-corrected chi connectivity index (χ0v) is 19.3. The maximum Gasteiger partial charge on any atom is 0.407 e. The van der Waals surface area contributed by atoms with E-state index >= 15 is 0 Å². The molecule has 34 heavy (non-hydrogen) atoms. The number of fused-ring (bicyclic) bond motifs is 3. The lowest BCUT2D eigenvalue weighted by Crippen LogP contribution is -2.65. The highest BCUT2D eigenvalue weighted by molar-refractivity contribution is 5.89. The normalized spacial score (nSPS) is 16.2. The van der Waals surface area contributed by atoms with E-state index in [9.17, 15) is 19.5 Å². The number of nitrogens with one attached hydrogen (secondary N) is 1. The Labute approximate surface area is 199 Å². The molecule has 1 atom stereocenters. The minimum atomic E-state index is -0.916. The summed E-state index contributed by atoms with van der Waals surface area (Å²) in [5.41, 5.74) is 3.56. The predicted octanol–water partition coefficient (Wildman–Crippen LogP) is 3.63. The van der Waals surface area contributed by atoms with Crippen molar-refractivity contribution in [1.29, 1.82) is 0 Å². The molecule has 7 nitrogen and oxygen atoms in total. The van der Waals surface area contributed by atoms with Gasteiger partial charge in [-0.25, -0.2) is 4.79 Å². The summed E-state index contributed by atoms with van der Waals surface area (Å²) in [4.78, 5) is 38.7. The number of likely N-dealkylation sites (tertiary alicyclic amines) is 1. The molecule has 1 aliphatic heterocycles. The quantitative estimate of drug-likeness (QED) is 0.615. The topological polar surface area (TPSA) is 95.9 Å². The van der Waals surface area contributed by atoms with Crippen molar-refractivity contribution in [3.05, 3.63) is 59.7 Å². The molecule has 1 unspecified atom stereocenters. The first kappa shape index (κ1) is 23.4. The van der Waals surface area contributed by atoms with E-state index in [0.29, 0.717) is 6.42 Å². The van der Waals surface area contributed by atoms with Gasteiger partial charge in [0, 0.05) is 25.4 Å². The van der Waals surface area contributed by atoms with E-state index in [1.807, 2.05) is 36.4 Å². The van der Waals surface area contributed by atoms with Crippen LogP contribution in [0.4, 0.5) is 4.79 Å². The van der Waals surface area contributed by atoms with Crippen LogP contribution in [0, 0.1) is 17.3 Å². The number of aliphatic carboxylic acids is 1. The first-order valence-electron chi connectivity index (χ1n) is 11.4. The van der Waals surface area contributed by atoms with Gasteiger partial charge in [-0.1, -0.05) is 55.5 Å². The van der Waals surface area contributed by atoms with E-state index in [4.69, 9.17) is 4.74 Å². The van der Waals surface area contributed by atoms with Gasteiger partial charge in [0.05, 0.1) is 0 Å². The van der Waals surface area contributed by atoms with Crippen LogP contribution in [0.5, 0.6) is 0 Å². The van der Waals surface area contributed by atoms with Gasteiger partial charge in [-0.3, -0.25) is 9.59 Å². The lowest BCUT2D eigenvalue weighted by molar-refractivity contribution is -0.167. The number of nitrogens with zero attached hydrogens (tertiary/aromatic N) is 1. The maximum absolute atomic E-state index is 13.0. The second-order valence-corrected chi connectivity index (χ2v) is 8.79. The number of amides is 2. The molecule has 0 bridgehead atoms. The number of carboxylic acid groups (broad SMARTS) is 1. The summed E-state index contributed by atoms with van der Waals surface area (Å²) in [6.45, 7) is 3.85. The van der Waals surface area contributed by atoms with Gasteiger partial charge in [-0.2, -0.15) is 0 Å². The summed E-state index contributed by atoms with van der Waals surface area (Å²) in [5, 5.41) is 12.1. The highest BCUT2D eigenvalue weighted by atomic mass is 16.5. The van der Waals surface area contributed by atoms with Crippen molar-refractivity contribution in [1.82, 2.24) is 10.2 Å². The van der Waals surface area contributed by atoms with Crippen LogP contribution in [0.1, 0.15) is 43.7 Å². The lowest BCUT2D eigenvalue weighted by atomic mass is 9.77. The Morgan fingerprint density at radius 3 is 2.24 bits per heavy atom. The fourth-order valence-electron chi connectivity index (χ4n) is 4.76. The molecule has 1 aliphatic carbocycles. The van der Waals surface area contributed by atoms with Crippen LogP contribution in [0.2, 0.25) is 0 Å². The molecule has 2 aromatic carbocycles. The van der Waals surface area contributed by atoms with Gasteiger partial charge in [0.1, 0.15) is 18.1 Å². The smallest absolute Gasteiger partial charge is 0.407 e. The Morgan fingerprint density at radius 1 is 1.12 bits per heavy atom. The van der Waals surface area contributed by atoms with Crippen LogP contribution < -0.4 is 5.32 Å². The van der Waals surface area contributed by atoms with Crippen LogP contribution in [-0.2, 0) is 14.3 Å². The highest BCUT2D eigenvalue weighted by Gasteiger charge is 2.51. The van der Waals surface area contributed by atoms with Crippen molar-refractivity contribution in [3.8, 4) is 23.0 Å². The third kappa shape index (κ3) is 4.24. The molecule has 2 aliphatic rings. The molecule has 0 radical (unpaired) electrons. The van der Waals surface area contributed by atoms with E-state index in [2.05, 4.69) is 29.3 Å². The number of ether oxygens (including phenoxy) is 1. The fourth-order valence-corrected chi connectivity index (χ4v) is 4.76. The van der Waals surface area contributed by atoms with Crippen molar-refractivity contribution in [2.75, 3.05) is 19.7 Å². The van der Waals surface area contributed by atoms with Crippen LogP contribution in [0.3, 0.4) is 0 Å². The number of hydrogen-bond donors (Lipinski definition) is 2. The molecule has 0 saturated carbocycles. The summed E-state index contributed by atoms with van der Waals surface area (Å²) in [6.07, 6.45) is -0.133. The molecule has 0 aromatic heterocycles. The van der Waals surface area contributed by atoms with Gasteiger partial charge in [0.15, 0.2) is 0 Å². The van der Waals surface area contributed by atoms with Crippen LogP contribution in [0.25, 0.3) is 11.1 Å². The zero-order chi connectivity index (χ0) is 24.3. The third-order valence-electron chi connectivity index (χ3n) is 6.85. The Balaban J connectivity index is 1.41. The van der Waals surface area contributed by atoms with Gasteiger partial charge in [0.25, 0.3) is 0 Å². The monoisotopic (exact) mass is 460 g/mol. The molecular weight excluding hydrogens is 432 g/mol. The Morgan fingerprint density at radius 2 is 1.71 bits per heavy atom. The van der Waals surface area contributed by atoms with Gasteiger partial charge in [0.2, 0.25) is 5.91 Å². The molecule has 1 saturated heterocycles. The first-order valence-corrected chi connectivity index (χ1v) is 11.4. The molecule has 1 heterocycles. The van der Waals surface area contributed by atoms with Crippen molar-refractivity contribution in [3.63, 3.8) is 0 Å².